The highest BCUT2D eigenvalue weighted by atomic mass is 32.2. The van der Waals surface area contributed by atoms with Gasteiger partial charge in [-0.15, -0.1) is 0 Å². The van der Waals surface area contributed by atoms with Crippen molar-refractivity contribution in [1.29, 1.82) is 0 Å². The number of nitrogens with zero attached hydrogens (tertiary/aromatic N) is 4. The quantitative estimate of drug-likeness (QED) is 0.537. The fourth-order valence-corrected chi connectivity index (χ4v) is 2.73. The number of nitro benzene ring substituents is 1. The third-order valence-corrected chi connectivity index (χ3v) is 4.26. The summed E-state index contributed by atoms with van der Waals surface area (Å²) in [5.41, 5.74) is 0.502. The Balaban J connectivity index is 2.23. The van der Waals surface area contributed by atoms with Gasteiger partial charge >= 0.3 is 0 Å². The number of benzene rings is 1. The van der Waals surface area contributed by atoms with E-state index in [0.29, 0.717) is 16.9 Å². The van der Waals surface area contributed by atoms with E-state index in [1.54, 1.807) is 23.0 Å². The minimum atomic E-state index is -3.52. The van der Waals surface area contributed by atoms with Gasteiger partial charge in [-0.25, -0.2) is 18.4 Å². The maximum atomic E-state index is 11.5. The normalized spacial score (nSPS) is 11.7. The Morgan fingerprint density at radius 3 is 2.73 bits per heavy atom. The Morgan fingerprint density at radius 2 is 2.05 bits per heavy atom. The third-order valence-electron chi connectivity index (χ3n) is 3.15. The van der Waals surface area contributed by atoms with Gasteiger partial charge < -0.3 is 0 Å². The van der Waals surface area contributed by atoms with Gasteiger partial charge in [0.25, 0.3) is 5.69 Å². The molecule has 0 unspecified atom stereocenters. The van der Waals surface area contributed by atoms with Crippen LogP contribution in [0.2, 0.25) is 0 Å². The van der Waals surface area contributed by atoms with E-state index in [1.165, 1.54) is 18.3 Å². The molecule has 112 valence electrons. The minimum Gasteiger partial charge on any atom is -0.291 e. The smallest absolute Gasteiger partial charge is 0.278 e. The van der Waals surface area contributed by atoms with Crippen molar-refractivity contribution in [3.63, 3.8) is 0 Å². The summed E-state index contributed by atoms with van der Waals surface area (Å²) in [5, 5.41) is 11.3. The molecule has 0 atom stereocenters. The first-order valence-electron chi connectivity index (χ1n) is 6.14. The van der Waals surface area contributed by atoms with Crippen LogP contribution in [0.3, 0.4) is 0 Å². The van der Waals surface area contributed by atoms with Gasteiger partial charge in [-0.2, -0.15) is 0 Å². The Bertz CT molecular complexity index is 994. The molecule has 0 saturated carbocycles. The molecule has 0 aliphatic rings. The summed E-state index contributed by atoms with van der Waals surface area (Å²) < 4.78 is 24.7. The van der Waals surface area contributed by atoms with E-state index in [4.69, 9.17) is 0 Å². The summed E-state index contributed by atoms with van der Waals surface area (Å²) >= 11 is 0. The summed E-state index contributed by atoms with van der Waals surface area (Å²) in [7, 11) is -3.52. The van der Waals surface area contributed by atoms with Gasteiger partial charge in [0.15, 0.2) is 9.84 Å². The number of aromatic nitrogens is 3. The number of rotatable bonds is 3. The molecule has 0 amide bonds. The molecule has 8 nitrogen and oxygen atoms in total. The van der Waals surface area contributed by atoms with E-state index in [9.17, 15) is 18.5 Å². The fourth-order valence-electron chi connectivity index (χ4n) is 2.09. The van der Waals surface area contributed by atoms with E-state index in [-0.39, 0.29) is 10.6 Å². The van der Waals surface area contributed by atoms with Crippen molar-refractivity contribution in [2.45, 2.75) is 4.90 Å². The van der Waals surface area contributed by atoms with Gasteiger partial charge in [0, 0.05) is 42.7 Å². The molecule has 3 rings (SSSR count). The molecule has 9 heteroatoms. The van der Waals surface area contributed by atoms with Gasteiger partial charge in [0.05, 0.1) is 15.4 Å². The van der Waals surface area contributed by atoms with Crippen molar-refractivity contribution in [1.82, 2.24) is 14.4 Å². The predicted molar refractivity (Wildman–Crippen MR) is 78.2 cm³/mol. The number of hydrogen-bond acceptors (Lipinski definition) is 6. The lowest BCUT2D eigenvalue weighted by atomic mass is 10.1. The molecule has 22 heavy (non-hydrogen) atoms. The number of nitro groups is 1. The molecule has 3 aromatic rings. The highest BCUT2D eigenvalue weighted by Crippen LogP contribution is 2.31. The summed E-state index contributed by atoms with van der Waals surface area (Å²) in [6.45, 7) is 0. The van der Waals surface area contributed by atoms with Crippen molar-refractivity contribution in [2.75, 3.05) is 6.26 Å². The van der Waals surface area contributed by atoms with Crippen molar-refractivity contribution in [2.24, 2.45) is 0 Å². The average Bonchev–Trinajstić information content (AvgIpc) is 2.92. The molecule has 0 bridgehead atoms. The molecule has 0 N–H and O–H groups in total. The molecule has 0 aliphatic heterocycles. The molecule has 0 spiro atoms. The van der Waals surface area contributed by atoms with Gasteiger partial charge in [0.2, 0.25) is 5.78 Å². The second-order valence-electron chi connectivity index (χ2n) is 4.69. The molecular weight excluding hydrogens is 308 g/mol. The van der Waals surface area contributed by atoms with Crippen LogP contribution < -0.4 is 0 Å². The molecule has 0 saturated heterocycles. The second-order valence-corrected chi connectivity index (χ2v) is 6.70. The summed E-state index contributed by atoms with van der Waals surface area (Å²) in [4.78, 5) is 18.6. The standard InChI is InChI=1S/C13H10N4O4S/c1-22(20,21)10-2-3-11(12(6-10)17(18)19)9-7-15-13-14-4-5-16(13)8-9/h2-8H,1H3. The van der Waals surface area contributed by atoms with Crippen LogP contribution in [-0.4, -0.2) is 34.0 Å². The first-order valence-corrected chi connectivity index (χ1v) is 8.03. The van der Waals surface area contributed by atoms with E-state index >= 15 is 0 Å². The Hall–Kier alpha value is -2.81. The lowest BCUT2D eigenvalue weighted by Crippen LogP contribution is -2.00. The number of sulfone groups is 1. The molecule has 2 aromatic heterocycles. The topological polar surface area (TPSA) is 107 Å². The predicted octanol–water partition coefficient (Wildman–Crippen LogP) is 1.71. The highest BCUT2D eigenvalue weighted by molar-refractivity contribution is 7.90. The first-order chi connectivity index (χ1) is 10.4. The first kappa shape index (κ1) is 14.1. The largest absolute Gasteiger partial charge is 0.291 e. The average molecular weight is 318 g/mol. The van der Waals surface area contributed by atoms with Crippen molar-refractivity contribution < 1.29 is 13.3 Å². The molecule has 1 aromatic carbocycles. The van der Waals surface area contributed by atoms with Gasteiger partial charge in [0.1, 0.15) is 0 Å². The van der Waals surface area contributed by atoms with Crippen LogP contribution in [0.5, 0.6) is 0 Å². The van der Waals surface area contributed by atoms with Crippen LogP contribution in [0, 0.1) is 10.1 Å². The van der Waals surface area contributed by atoms with Crippen molar-refractivity contribution >= 4 is 21.3 Å². The van der Waals surface area contributed by atoms with Crippen LogP contribution in [0.4, 0.5) is 5.69 Å². The lowest BCUT2D eigenvalue weighted by Gasteiger charge is -2.05. The van der Waals surface area contributed by atoms with Crippen LogP contribution in [0.25, 0.3) is 16.9 Å². The number of hydrogen-bond donors (Lipinski definition) is 0. The lowest BCUT2D eigenvalue weighted by molar-refractivity contribution is -0.384. The Morgan fingerprint density at radius 1 is 1.27 bits per heavy atom. The molecule has 2 heterocycles. The molecule has 0 fully saturated rings. The van der Waals surface area contributed by atoms with Crippen molar-refractivity contribution in [3.8, 4) is 11.1 Å². The zero-order valence-electron chi connectivity index (χ0n) is 11.4. The molecule has 0 aliphatic carbocycles. The molecular formula is C13H10N4O4S. The minimum absolute atomic E-state index is 0.0976. The van der Waals surface area contributed by atoms with Crippen LogP contribution in [0.15, 0.2) is 47.9 Å². The third kappa shape index (κ3) is 2.42. The Labute approximate surface area is 125 Å². The summed E-state index contributed by atoms with van der Waals surface area (Å²) in [6.07, 6.45) is 7.35. The van der Waals surface area contributed by atoms with Gasteiger partial charge in [-0.05, 0) is 12.1 Å². The van der Waals surface area contributed by atoms with Gasteiger partial charge in [-0.1, -0.05) is 0 Å². The second kappa shape index (κ2) is 4.88. The molecule has 0 radical (unpaired) electrons. The van der Waals surface area contributed by atoms with Crippen LogP contribution >= 0.6 is 0 Å². The van der Waals surface area contributed by atoms with E-state index in [1.807, 2.05) is 0 Å². The monoisotopic (exact) mass is 318 g/mol. The van der Waals surface area contributed by atoms with Gasteiger partial charge in [-0.3, -0.25) is 14.5 Å². The summed E-state index contributed by atoms with van der Waals surface area (Å²) in [6, 6.07) is 3.81. The van der Waals surface area contributed by atoms with Crippen molar-refractivity contribution in [3.05, 3.63) is 53.1 Å². The Kier molecular flexibility index (Phi) is 3.14. The van der Waals surface area contributed by atoms with E-state index in [0.717, 1.165) is 12.3 Å². The van der Waals surface area contributed by atoms with Crippen LogP contribution in [-0.2, 0) is 9.84 Å². The fraction of sp³-hybridized carbons (Fsp3) is 0.0769. The maximum Gasteiger partial charge on any atom is 0.278 e. The zero-order chi connectivity index (χ0) is 15.9. The highest BCUT2D eigenvalue weighted by Gasteiger charge is 2.20. The zero-order valence-corrected chi connectivity index (χ0v) is 12.2. The number of imidazole rings is 1. The summed E-state index contributed by atoms with van der Waals surface area (Å²) in [5.74, 6) is 0.471. The maximum absolute atomic E-state index is 11.5. The number of fused-ring (bicyclic) bond motifs is 1. The van der Waals surface area contributed by atoms with E-state index < -0.39 is 14.8 Å². The SMILES string of the molecule is CS(=O)(=O)c1ccc(-c2cnc3nccn3c2)c([N+](=O)[O-])c1. The van der Waals surface area contributed by atoms with E-state index in [2.05, 4.69) is 9.97 Å². The van der Waals surface area contributed by atoms with Crippen LogP contribution in [0.1, 0.15) is 0 Å².